The van der Waals surface area contributed by atoms with Gasteiger partial charge in [-0.25, -0.2) is 9.37 Å². The lowest BCUT2D eigenvalue weighted by molar-refractivity contribution is 0.158. The first-order valence-corrected chi connectivity index (χ1v) is 10.8. The zero-order valence-corrected chi connectivity index (χ0v) is 18.2. The molecule has 4 rings (SSSR count). The summed E-state index contributed by atoms with van der Waals surface area (Å²) in [5.41, 5.74) is 4.03. The van der Waals surface area contributed by atoms with E-state index in [1.165, 1.54) is 11.6 Å². The second kappa shape index (κ2) is 9.02. The summed E-state index contributed by atoms with van der Waals surface area (Å²) in [7, 11) is 0. The van der Waals surface area contributed by atoms with Crippen LogP contribution in [0.3, 0.4) is 0 Å². The van der Waals surface area contributed by atoms with Crippen molar-refractivity contribution in [2.75, 3.05) is 25.1 Å². The van der Waals surface area contributed by atoms with Crippen LogP contribution in [0.1, 0.15) is 50.1 Å². The van der Waals surface area contributed by atoms with E-state index in [1.54, 1.807) is 10.6 Å². The van der Waals surface area contributed by atoms with Gasteiger partial charge in [-0.3, -0.25) is 9.36 Å². The van der Waals surface area contributed by atoms with Crippen molar-refractivity contribution >= 4 is 28.2 Å². The molecule has 0 bridgehead atoms. The van der Waals surface area contributed by atoms with E-state index in [9.17, 15) is 9.18 Å². The Kier molecular flexibility index (Phi) is 6.18. The Hall–Kier alpha value is -2.99. The van der Waals surface area contributed by atoms with Crippen molar-refractivity contribution in [3.8, 4) is 0 Å². The number of nitrogens with one attached hydrogen (secondary N) is 1. The summed E-state index contributed by atoms with van der Waals surface area (Å²) in [5.74, 6) is 0.692. The van der Waals surface area contributed by atoms with Crippen LogP contribution in [-0.2, 0) is 11.3 Å². The predicted molar refractivity (Wildman–Crippen MR) is 124 cm³/mol. The Morgan fingerprint density at radius 2 is 2.03 bits per heavy atom. The second-order valence-electron chi connectivity index (χ2n) is 8.11. The van der Waals surface area contributed by atoms with Crippen molar-refractivity contribution in [2.24, 2.45) is 0 Å². The number of fused-ring (bicyclic) bond motifs is 2. The number of allylic oxidation sites excluding steroid dienone is 1. The molecule has 3 aromatic rings. The minimum Gasteiger partial charge on any atom is -0.380 e. The summed E-state index contributed by atoms with van der Waals surface area (Å²) in [6, 6.07) is 11.4. The van der Waals surface area contributed by atoms with E-state index in [1.807, 2.05) is 6.92 Å². The van der Waals surface area contributed by atoms with E-state index < -0.39 is 5.82 Å². The van der Waals surface area contributed by atoms with Crippen LogP contribution in [-0.4, -0.2) is 29.3 Å². The molecule has 1 aliphatic rings. The Bertz CT molecular complexity index is 1180. The number of halogens is 1. The smallest absolute Gasteiger partial charge is 0.261 e. The van der Waals surface area contributed by atoms with Gasteiger partial charge in [-0.15, -0.1) is 0 Å². The molecule has 2 heterocycles. The number of nitrogens with zero attached hydrogens (tertiary/aromatic N) is 2. The van der Waals surface area contributed by atoms with E-state index in [0.717, 1.165) is 17.6 Å². The highest BCUT2D eigenvalue weighted by molar-refractivity contribution is 5.86. The first-order valence-electron chi connectivity index (χ1n) is 10.8. The van der Waals surface area contributed by atoms with E-state index in [2.05, 4.69) is 49.5 Å². The molecule has 1 N–H and O–H groups in total. The standard InChI is InChI=1S/C25H28FN3O2/c1-4-31-12-10-27-23-15-22-20(14-21(23)26)25(30)29-11-9-19(24(29)28-22)13-17-5-7-18(8-6-17)16(2)3/h5-8,13-16,27H,4,9-12H2,1-3H3/b19-13+. The van der Waals surface area contributed by atoms with Crippen LogP contribution >= 0.6 is 0 Å². The molecule has 0 amide bonds. The minimum absolute atomic E-state index is 0.196. The van der Waals surface area contributed by atoms with Crippen LogP contribution in [0.2, 0.25) is 0 Å². The molecule has 0 spiro atoms. The number of anilines is 1. The van der Waals surface area contributed by atoms with Gasteiger partial charge < -0.3 is 10.1 Å². The van der Waals surface area contributed by atoms with Gasteiger partial charge in [-0.2, -0.15) is 0 Å². The fourth-order valence-corrected chi connectivity index (χ4v) is 3.89. The lowest BCUT2D eigenvalue weighted by Crippen LogP contribution is -2.21. The van der Waals surface area contributed by atoms with E-state index in [-0.39, 0.29) is 5.56 Å². The zero-order valence-electron chi connectivity index (χ0n) is 18.2. The Morgan fingerprint density at radius 1 is 1.26 bits per heavy atom. The summed E-state index contributed by atoms with van der Waals surface area (Å²) in [4.78, 5) is 17.7. The molecule has 0 atom stereocenters. The molecule has 1 aromatic heterocycles. The first kappa shape index (κ1) is 21.2. The number of hydrogen-bond acceptors (Lipinski definition) is 4. The van der Waals surface area contributed by atoms with Crippen LogP contribution < -0.4 is 10.9 Å². The number of ether oxygens (including phenoxy) is 1. The third-order valence-corrected chi connectivity index (χ3v) is 5.64. The van der Waals surface area contributed by atoms with Crippen molar-refractivity contribution in [1.29, 1.82) is 0 Å². The van der Waals surface area contributed by atoms with Crippen molar-refractivity contribution in [2.45, 2.75) is 39.7 Å². The highest BCUT2D eigenvalue weighted by atomic mass is 19.1. The van der Waals surface area contributed by atoms with Gasteiger partial charge in [0.15, 0.2) is 0 Å². The van der Waals surface area contributed by atoms with E-state index in [0.29, 0.717) is 54.6 Å². The largest absolute Gasteiger partial charge is 0.380 e. The molecule has 2 aromatic carbocycles. The molecule has 0 unspecified atom stereocenters. The van der Waals surface area contributed by atoms with Crippen molar-refractivity contribution < 1.29 is 9.13 Å². The van der Waals surface area contributed by atoms with Crippen molar-refractivity contribution in [3.63, 3.8) is 0 Å². The molecule has 5 nitrogen and oxygen atoms in total. The fraction of sp³-hybridized carbons (Fsp3) is 0.360. The van der Waals surface area contributed by atoms with Gasteiger partial charge in [0.25, 0.3) is 5.56 Å². The molecular formula is C25H28FN3O2. The monoisotopic (exact) mass is 421 g/mol. The van der Waals surface area contributed by atoms with Crippen LogP contribution in [0.4, 0.5) is 10.1 Å². The van der Waals surface area contributed by atoms with Crippen LogP contribution in [0, 0.1) is 5.82 Å². The third-order valence-electron chi connectivity index (χ3n) is 5.64. The number of rotatable bonds is 7. The predicted octanol–water partition coefficient (Wildman–Crippen LogP) is 5.05. The number of aromatic nitrogens is 2. The van der Waals surface area contributed by atoms with Crippen molar-refractivity contribution in [1.82, 2.24) is 9.55 Å². The SMILES string of the molecule is CCOCCNc1cc2nc3n(c(=O)c2cc1F)CC/C3=C\c1ccc(C(C)C)cc1. The van der Waals surface area contributed by atoms with Gasteiger partial charge in [-0.05, 0) is 54.2 Å². The quantitative estimate of drug-likeness (QED) is 0.542. The van der Waals surface area contributed by atoms with Crippen LogP contribution in [0.15, 0.2) is 41.2 Å². The van der Waals surface area contributed by atoms with Gasteiger partial charge >= 0.3 is 0 Å². The van der Waals surface area contributed by atoms with E-state index >= 15 is 0 Å². The first-order chi connectivity index (χ1) is 15.0. The summed E-state index contributed by atoms with van der Waals surface area (Å²) in [6.45, 7) is 8.40. The molecule has 1 aliphatic heterocycles. The molecular weight excluding hydrogens is 393 g/mol. The Balaban J connectivity index is 1.69. The molecule has 0 saturated carbocycles. The average molecular weight is 422 g/mol. The topological polar surface area (TPSA) is 56.1 Å². The summed E-state index contributed by atoms with van der Waals surface area (Å²) in [5, 5.41) is 3.33. The lowest BCUT2D eigenvalue weighted by Gasteiger charge is -2.11. The van der Waals surface area contributed by atoms with Crippen LogP contribution in [0.25, 0.3) is 22.6 Å². The maximum atomic E-state index is 14.5. The molecule has 0 radical (unpaired) electrons. The lowest BCUT2D eigenvalue weighted by atomic mass is 10.0. The third kappa shape index (κ3) is 4.39. The number of hydrogen-bond donors (Lipinski definition) is 1. The fourth-order valence-electron chi connectivity index (χ4n) is 3.89. The van der Waals surface area contributed by atoms with Crippen molar-refractivity contribution in [3.05, 3.63) is 69.5 Å². The molecule has 31 heavy (non-hydrogen) atoms. The minimum atomic E-state index is -0.456. The second-order valence-corrected chi connectivity index (χ2v) is 8.11. The normalized spacial score (nSPS) is 14.5. The van der Waals surface area contributed by atoms with Gasteiger partial charge in [0.2, 0.25) is 0 Å². The van der Waals surface area contributed by atoms with Gasteiger partial charge in [0.05, 0.1) is 23.2 Å². The maximum Gasteiger partial charge on any atom is 0.261 e. The maximum absolute atomic E-state index is 14.5. The summed E-state index contributed by atoms with van der Waals surface area (Å²) < 4.78 is 21.5. The van der Waals surface area contributed by atoms with Crippen LogP contribution in [0.5, 0.6) is 0 Å². The Labute approximate surface area is 181 Å². The van der Waals surface area contributed by atoms with Gasteiger partial charge in [0.1, 0.15) is 11.6 Å². The highest BCUT2D eigenvalue weighted by Gasteiger charge is 2.22. The van der Waals surface area contributed by atoms with Gasteiger partial charge in [0, 0.05) is 19.7 Å². The molecule has 0 fully saturated rings. The number of benzene rings is 2. The van der Waals surface area contributed by atoms with Gasteiger partial charge in [-0.1, -0.05) is 38.1 Å². The molecule has 0 aliphatic carbocycles. The Morgan fingerprint density at radius 3 is 2.74 bits per heavy atom. The molecule has 162 valence electrons. The molecule has 6 heteroatoms. The highest BCUT2D eigenvalue weighted by Crippen LogP contribution is 2.29. The molecule has 0 saturated heterocycles. The average Bonchev–Trinajstić information content (AvgIpc) is 3.15. The zero-order chi connectivity index (χ0) is 22.0. The summed E-state index contributed by atoms with van der Waals surface area (Å²) in [6.07, 6.45) is 2.82. The van der Waals surface area contributed by atoms with E-state index in [4.69, 9.17) is 9.72 Å². The summed E-state index contributed by atoms with van der Waals surface area (Å²) >= 11 is 0.